The normalized spacial score (nSPS) is 20.2. The van der Waals surface area contributed by atoms with E-state index in [4.69, 9.17) is 4.74 Å². The summed E-state index contributed by atoms with van der Waals surface area (Å²) in [5, 5.41) is 7.77. The fraction of sp³-hybridized carbons (Fsp3) is 0.526. The van der Waals surface area contributed by atoms with Crippen molar-refractivity contribution in [3.8, 4) is 0 Å². The summed E-state index contributed by atoms with van der Waals surface area (Å²) in [5.74, 6) is 1.62. The van der Waals surface area contributed by atoms with Gasteiger partial charge in [-0.1, -0.05) is 0 Å². The number of H-pyrrole nitrogens is 1. The van der Waals surface area contributed by atoms with Crippen LogP contribution in [0.3, 0.4) is 0 Å². The zero-order valence-corrected chi connectivity index (χ0v) is 14.8. The fourth-order valence-electron chi connectivity index (χ4n) is 3.86. The monoisotopic (exact) mass is 353 g/mol. The van der Waals surface area contributed by atoms with E-state index in [1.54, 1.807) is 6.20 Å². The van der Waals surface area contributed by atoms with Gasteiger partial charge in [0.05, 0.1) is 24.5 Å². The van der Waals surface area contributed by atoms with E-state index in [9.17, 15) is 4.79 Å². The molecule has 0 aromatic carbocycles. The summed E-state index contributed by atoms with van der Waals surface area (Å²) in [7, 11) is 0. The van der Waals surface area contributed by atoms with Crippen molar-refractivity contribution in [2.24, 2.45) is 0 Å². The molecule has 0 spiro atoms. The minimum Gasteiger partial charge on any atom is -0.378 e. The summed E-state index contributed by atoms with van der Waals surface area (Å²) in [6.45, 7) is 4.30. The SMILES string of the molecule is O=C(c1ccc(N2CCc3[nH]nc(C4CC4)c3C2)nc1)N1CCOCC1. The van der Waals surface area contributed by atoms with Gasteiger partial charge in [-0.05, 0) is 25.0 Å². The highest BCUT2D eigenvalue weighted by Crippen LogP contribution is 2.42. The number of hydrogen-bond acceptors (Lipinski definition) is 5. The lowest BCUT2D eigenvalue weighted by Crippen LogP contribution is -2.40. The molecule has 7 heteroatoms. The number of anilines is 1. The van der Waals surface area contributed by atoms with Crippen molar-refractivity contribution < 1.29 is 9.53 Å². The van der Waals surface area contributed by atoms with Crippen LogP contribution >= 0.6 is 0 Å². The van der Waals surface area contributed by atoms with Crippen LogP contribution in [0.25, 0.3) is 0 Å². The molecular formula is C19H23N5O2. The van der Waals surface area contributed by atoms with Gasteiger partial charge in [-0.3, -0.25) is 9.89 Å². The number of carbonyl (C=O) groups is 1. The van der Waals surface area contributed by atoms with E-state index in [1.807, 2.05) is 17.0 Å². The molecule has 0 unspecified atom stereocenters. The van der Waals surface area contributed by atoms with Crippen molar-refractivity contribution in [1.29, 1.82) is 0 Å². The van der Waals surface area contributed by atoms with Crippen LogP contribution in [0.4, 0.5) is 5.82 Å². The summed E-state index contributed by atoms with van der Waals surface area (Å²) < 4.78 is 5.31. The molecule has 1 saturated heterocycles. The molecule has 2 fully saturated rings. The molecule has 0 bridgehead atoms. The van der Waals surface area contributed by atoms with Gasteiger partial charge in [0, 0.05) is 56.0 Å². The van der Waals surface area contributed by atoms with Crippen LogP contribution in [0.15, 0.2) is 18.3 Å². The average molecular weight is 353 g/mol. The molecule has 1 N–H and O–H groups in total. The predicted molar refractivity (Wildman–Crippen MR) is 96.3 cm³/mol. The van der Waals surface area contributed by atoms with E-state index < -0.39 is 0 Å². The van der Waals surface area contributed by atoms with Gasteiger partial charge in [0.15, 0.2) is 0 Å². The minimum atomic E-state index is 0.0409. The Morgan fingerprint density at radius 3 is 2.77 bits per heavy atom. The first-order chi connectivity index (χ1) is 12.8. The van der Waals surface area contributed by atoms with Crippen LogP contribution in [0.1, 0.15) is 46.1 Å². The standard InChI is InChI=1S/C19H23N5O2/c25-19(23-7-9-26-10-8-23)14-3-4-17(20-11-14)24-6-5-16-15(12-24)18(22-21-16)13-1-2-13/h3-4,11,13H,1-2,5-10,12H2,(H,21,22). The Bertz CT molecular complexity index is 806. The highest BCUT2D eigenvalue weighted by molar-refractivity contribution is 5.94. The first kappa shape index (κ1) is 15.8. The number of nitrogens with one attached hydrogen (secondary N) is 1. The van der Waals surface area contributed by atoms with Crippen LogP contribution < -0.4 is 4.90 Å². The van der Waals surface area contributed by atoms with Gasteiger partial charge in [0.1, 0.15) is 5.82 Å². The predicted octanol–water partition coefficient (Wildman–Crippen LogP) is 1.72. The number of nitrogens with zero attached hydrogens (tertiary/aromatic N) is 4. The molecule has 0 radical (unpaired) electrons. The maximum atomic E-state index is 12.5. The number of amides is 1. The van der Waals surface area contributed by atoms with Crippen molar-refractivity contribution >= 4 is 11.7 Å². The maximum absolute atomic E-state index is 12.5. The number of rotatable bonds is 3. The van der Waals surface area contributed by atoms with Crippen LogP contribution in [0.5, 0.6) is 0 Å². The molecule has 2 aliphatic heterocycles. The Morgan fingerprint density at radius 2 is 2.04 bits per heavy atom. The largest absolute Gasteiger partial charge is 0.378 e. The number of fused-ring (bicyclic) bond motifs is 1. The second-order valence-corrected chi connectivity index (χ2v) is 7.32. The van der Waals surface area contributed by atoms with Gasteiger partial charge in [0.25, 0.3) is 5.91 Å². The van der Waals surface area contributed by atoms with Gasteiger partial charge >= 0.3 is 0 Å². The van der Waals surface area contributed by atoms with E-state index in [0.717, 1.165) is 25.3 Å². The second kappa shape index (κ2) is 6.39. The number of aromatic amines is 1. The molecule has 1 aliphatic carbocycles. The fourth-order valence-corrected chi connectivity index (χ4v) is 3.86. The average Bonchev–Trinajstić information content (AvgIpc) is 3.47. The van der Waals surface area contributed by atoms with E-state index >= 15 is 0 Å². The Labute approximate surface area is 152 Å². The third-order valence-corrected chi connectivity index (χ3v) is 5.55. The van der Waals surface area contributed by atoms with Crippen LogP contribution in [0.2, 0.25) is 0 Å². The molecule has 26 heavy (non-hydrogen) atoms. The lowest BCUT2D eigenvalue weighted by molar-refractivity contribution is 0.0302. The highest BCUT2D eigenvalue weighted by Gasteiger charge is 2.32. The molecule has 7 nitrogen and oxygen atoms in total. The number of aromatic nitrogens is 3. The van der Waals surface area contributed by atoms with Gasteiger partial charge < -0.3 is 14.5 Å². The summed E-state index contributed by atoms with van der Waals surface area (Å²) >= 11 is 0. The quantitative estimate of drug-likeness (QED) is 0.909. The van der Waals surface area contributed by atoms with Crippen molar-refractivity contribution in [2.75, 3.05) is 37.7 Å². The van der Waals surface area contributed by atoms with Crippen molar-refractivity contribution in [3.05, 3.63) is 40.8 Å². The third kappa shape index (κ3) is 2.86. The molecular weight excluding hydrogens is 330 g/mol. The number of pyridine rings is 1. The molecule has 4 heterocycles. The Hall–Kier alpha value is -2.41. The zero-order valence-electron chi connectivity index (χ0n) is 14.8. The molecule has 2 aromatic rings. The Kier molecular flexibility index (Phi) is 3.89. The number of ether oxygens (including phenoxy) is 1. The summed E-state index contributed by atoms with van der Waals surface area (Å²) in [6, 6.07) is 3.86. The number of hydrogen-bond donors (Lipinski definition) is 1. The molecule has 0 atom stereocenters. The van der Waals surface area contributed by atoms with Crippen molar-refractivity contribution in [3.63, 3.8) is 0 Å². The molecule has 1 amide bonds. The molecule has 136 valence electrons. The maximum Gasteiger partial charge on any atom is 0.255 e. The minimum absolute atomic E-state index is 0.0409. The zero-order chi connectivity index (χ0) is 17.5. The molecule has 2 aromatic heterocycles. The number of carbonyl (C=O) groups excluding carboxylic acids is 1. The van der Waals surface area contributed by atoms with E-state index in [1.165, 1.54) is 29.8 Å². The van der Waals surface area contributed by atoms with Crippen LogP contribution in [-0.2, 0) is 17.7 Å². The lowest BCUT2D eigenvalue weighted by atomic mass is 10.0. The van der Waals surface area contributed by atoms with E-state index in [0.29, 0.717) is 37.8 Å². The van der Waals surface area contributed by atoms with Crippen LogP contribution in [-0.4, -0.2) is 58.8 Å². The van der Waals surface area contributed by atoms with Gasteiger partial charge in [-0.15, -0.1) is 0 Å². The third-order valence-electron chi connectivity index (χ3n) is 5.55. The lowest BCUT2D eigenvalue weighted by Gasteiger charge is -2.29. The number of morpholine rings is 1. The van der Waals surface area contributed by atoms with Crippen molar-refractivity contribution in [1.82, 2.24) is 20.1 Å². The van der Waals surface area contributed by atoms with Gasteiger partial charge in [-0.2, -0.15) is 5.10 Å². The topological polar surface area (TPSA) is 74.4 Å². The summed E-state index contributed by atoms with van der Waals surface area (Å²) in [6.07, 6.45) is 5.19. The van der Waals surface area contributed by atoms with Crippen molar-refractivity contribution in [2.45, 2.75) is 31.7 Å². The molecule has 3 aliphatic rings. The highest BCUT2D eigenvalue weighted by atomic mass is 16.5. The molecule has 1 saturated carbocycles. The summed E-state index contributed by atoms with van der Waals surface area (Å²) in [4.78, 5) is 21.2. The second-order valence-electron chi connectivity index (χ2n) is 7.32. The summed E-state index contributed by atoms with van der Waals surface area (Å²) in [5.41, 5.74) is 4.54. The molecule has 5 rings (SSSR count). The van der Waals surface area contributed by atoms with Gasteiger partial charge in [0.2, 0.25) is 0 Å². The van der Waals surface area contributed by atoms with Gasteiger partial charge in [-0.25, -0.2) is 4.98 Å². The van der Waals surface area contributed by atoms with E-state index in [-0.39, 0.29) is 5.91 Å². The smallest absolute Gasteiger partial charge is 0.255 e. The Balaban J connectivity index is 1.31. The Morgan fingerprint density at radius 1 is 1.19 bits per heavy atom. The first-order valence-corrected chi connectivity index (χ1v) is 9.43. The van der Waals surface area contributed by atoms with E-state index in [2.05, 4.69) is 20.1 Å². The van der Waals surface area contributed by atoms with Crippen LogP contribution in [0, 0.1) is 0 Å². The first-order valence-electron chi connectivity index (χ1n) is 9.43.